The van der Waals surface area contributed by atoms with Gasteiger partial charge in [-0.25, -0.2) is 9.97 Å². The van der Waals surface area contributed by atoms with Crippen molar-refractivity contribution in [1.82, 2.24) is 9.97 Å². The predicted octanol–water partition coefficient (Wildman–Crippen LogP) is 3.06. The fourth-order valence-electron chi connectivity index (χ4n) is 1.72. The quantitative estimate of drug-likeness (QED) is 0.643. The summed E-state index contributed by atoms with van der Waals surface area (Å²) in [5.74, 6) is 0.524. The van der Waals surface area contributed by atoms with Crippen LogP contribution in [0.25, 0.3) is 10.9 Å². The summed E-state index contributed by atoms with van der Waals surface area (Å²) in [7, 11) is 0. The van der Waals surface area contributed by atoms with Crippen LogP contribution in [-0.2, 0) is 6.42 Å². The van der Waals surface area contributed by atoms with Crippen LogP contribution in [0, 0.1) is 5.92 Å². The van der Waals surface area contributed by atoms with E-state index in [4.69, 9.17) is 17.3 Å². The molecule has 3 nitrogen and oxygen atoms in total. The highest BCUT2D eigenvalue weighted by molar-refractivity contribution is 6.28. The first kappa shape index (κ1) is 11.1. The van der Waals surface area contributed by atoms with Gasteiger partial charge in [0, 0.05) is 11.1 Å². The smallest absolute Gasteiger partial charge is 0.223 e. The Morgan fingerprint density at radius 1 is 1.31 bits per heavy atom. The fourth-order valence-corrected chi connectivity index (χ4v) is 1.91. The molecule has 0 spiro atoms. The van der Waals surface area contributed by atoms with Gasteiger partial charge in [0.2, 0.25) is 5.28 Å². The van der Waals surface area contributed by atoms with Gasteiger partial charge in [0.1, 0.15) is 0 Å². The maximum atomic E-state index is 5.89. The van der Waals surface area contributed by atoms with E-state index in [0.717, 1.165) is 28.7 Å². The van der Waals surface area contributed by atoms with Crippen molar-refractivity contribution in [3.05, 3.63) is 29.2 Å². The molecule has 0 saturated heterocycles. The second-order valence-electron chi connectivity index (χ2n) is 4.31. The molecule has 0 bridgehead atoms. The average molecular weight is 236 g/mol. The summed E-state index contributed by atoms with van der Waals surface area (Å²) in [6.07, 6.45) is 0.877. The van der Waals surface area contributed by atoms with Crippen LogP contribution in [0.1, 0.15) is 19.5 Å². The van der Waals surface area contributed by atoms with E-state index in [-0.39, 0.29) is 0 Å². The number of halogens is 1. The number of nitrogens with two attached hydrogens (primary N) is 1. The number of hydrogen-bond donors (Lipinski definition) is 1. The fraction of sp³-hybridized carbons (Fsp3) is 0.333. The largest absolute Gasteiger partial charge is 0.399 e. The first-order valence-corrected chi connectivity index (χ1v) is 5.65. The number of nitrogens with zero attached hydrogens (tertiary/aromatic N) is 2. The minimum atomic E-state index is 0.299. The van der Waals surface area contributed by atoms with Crippen LogP contribution in [0.3, 0.4) is 0 Å². The number of anilines is 1. The zero-order valence-electron chi connectivity index (χ0n) is 9.37. The van der Waals surface area contributed by atoms with E-state index >= 15 is 0 Å². The summed E-state index contributed by atoms with van der Waals surface area (Å²) in [6.45, 7) is 4.29. The SMILES string of the molecule is CC(C)Cc1nc(Cl)nc2ccc(N)cc12. The van der Waals surface area contributed by atoms with Gasteiger partial charge in [-0.3, -0.25) is 0 Å². The topological polar surface area (TPSA) is 51.8 Å². The number of rotatable bonds is 2. The molecule has 2 N–H and O–H groups in total. The number of hydrogen-bond acceptors (Lipinski definition) is 3. The van der Waals surface area contributed by atoms with E-state index in [1.807, 2.05) is 18.2 Å². The highest BCUT2D eigenvalue weighted by Gasteiger charge is 2.08. The summed E-state index contributed by atoms with van der Waals surface area (Å²) in [4.78, 5) is 8.46. The predicted molar refractivity (Wildman–Crippen MR) is 67.5 cm³/mol. The zero-order chi connectivity index (χ0) is 11.7. The summed E-state index contributed by atoms with van der Waals surface area (Å²) in [5, 5.41) is 1.30. The van der Waals surface area contributed by atoms with Crippen molar-refractivity contribution < 1.29 is 0 Å². The molecule has 0 atom stereocenters. The molecule has 0 aliphatic rings. The van der Waals surface area contributed by atoms with E-state index < -0.39 is 0 Å². The third kappa shape index (κ3) is 2.25. The van der Waals surface area contributed by atoms with Gasteiger partial charge in [-0.05, 0) is 42.1 Å². The van der Waals surface area contributed by atoms with E-state index in [0.29, 0.717) is 11.2 Å². The normalized spacial score (nSPS) is 11.2. The molecule has 0 radical (unpaired) electrons. The maximum Gasteiger partial charge on any atom is 0.223 e. The molecule has 0 amide bonds. The average Bonchev–Trinajstić information content (AvgIpc) is 2.18. The van der Waals surface area contributed by atoms with E-state index in [9.17, 15) is 0 Å². The van der Waals surface area contributed by atoms with Crippen LogP contribution in [0.5, 0.6) is 0 Å². The van der Waals surface area contributed by atoms with Crippen molar-refractivity contribution in [2.75, 3.05) is 5.73 Å². The molecule has 0 unspecified atom stereocenters. The lowest BCUT2D eigenvalue weighted by atomic mass is 10.0. The Bertz CT molecular complexity index is 523. The standard InChI is InChI=1S/C12H14ClN3/c1-7(2)5-11-9-6-8(14)3-4-10(9)15-12(13)16-11/h3-4,6-7H,5,14H2,1-2H3. The van der Waals surface area contributed by atoms with Gasteiger partial charge in [-0.1, -0.05) is 13.8 Å². The van der Waals surface area contributed by atoms with Crippen LogP contribution in [0.4, 0.5) is 5.69 Å². The van der Waals surface area contributed by atoms with Crippen molar-refractivity contribution in [3.63, 3.8) is 0 Å². The highest BCUT2D eigenvalue weighted by Crippen LogP contribution is 2.22. The van der Waals surface area contributed by atoms with Gasteiger partial charge < -0.3 is 5.73 Å². The van der Waals surface area contributed by atoms with Gasteiger partial charge in [0.05, 0.1) is 11.2 Å². The molecule has 0 fully saturated rings. The van der Waals surface area contributed by atoms with E-state index in [1.165, 1.54) is 0 Å². The number of nitrogen functional groups attached to an aromatic ring is 1. The third-order valence-electron chi connectivity index (χ3n) is 2.37. The first-order valence-electron chi connectivity index (χ1n) is 5.28. The Hall–Kier alpha value is -1.35. The molecule has 2 rings (SSSR count). The lowest BCUT2D eigenvalue weighted by Gasteiger charge is -2.08. The van der Waals surface area contributed by atoms with Crippen molar-refractivity contribution in [2.24, 2.45) is 5.92 Å². The molecule has 0 saturated carbocycles. The van der Waals surface area contributed by atoms with Gasteiger partial charge in [0.25, 0.3) is 0 Å². The van der Waals surface area contributed by atoms with Crippen LogP contribution >= 0.6 is 11.6 Å². The number of aromatic nitrogens is 2. The molecule has 0 aliphatic heterocycles. The Balaban J connectivity index is 2.64. The lowest BCUT2D eigenvalue weighted by molar-refractivity contribution is 0.638. The molecular weight excluding hydrogens is 222 g/mol. The van der Waals surface area contributed by atoms with Crippen LogP contribution < -0.4 is 5.73 Å². The second-order valence-corrected chi connectivity index (χ2v) is 4.65. The Morgan fingerprint density at radius 2 is 2.06 bits per heavy atom. The summed E-state index contributed by atoms with van der Waals surface area (Å²) < 4.78 is 0. The first-order chi connectivity index (χ1) is 7.56. The molecule has 1 aromatic carbocycles. The Kier molecular flexibility index (Phi) is 2.97. The van der Waals surface area contributed by atoms with E-state index in [1.54, 1.807) is 0 Å². The van der Waals surface area contributed by atoms with Crippen molar-refractivity contribution in [3.8, 4) is 0 Å². The van der Waals surface area contributed by atoms with Crippen LogP contribution in [-0.4, -0.2) is 9.97 Å². The molecule has 2 aromatic rings. The molecule has 16 heavy (non-hydrogen) atoms. The number of fused-ring (bicyclic) bond motifs is 1. The van der Waals surface area contributed by atoms with Gasteiger partial charge >= 0.3 is 0 Å². The van der Waals surface area contributed by atoms with Gasteiger partial charge in [-0.15, -0.1) is 0 Å². The highest BCUT2D eigenvalue weighted by atomic mass is 35.5. The van der Waals surface area contributed by atoms with Gasteiger partial charge in [0.15, 0.2) is 0 Å². The third-order valence-corrected chi connectivity index (χ3v) is 2.54. The van der Waals surface area contributed by atoms with Crippen molar-refractivity contribution in [2.45, 2.75) is 20.3 Å². The summed E-state index contributed by atoms with van der Waals surface area (Å²) in [5.41, 5.74) is 8.32. The zero-order valence-corrected chi connectivity index (χ0v) is 10.1. The summed E-state index contributed by atoms with van der Waals surface area (Å²) in [6, 6.07) is 5.61. The summed E-state index contributed by atoms with van der Waals surface area (Å²) >= 11 is 5.89. The Morgan fingerprint density at radius 3 is 2.75 bits per heavy atom. The molecular formula is C12H14ClN3. The molecule has 1 aromatic heterocycles. The maximum absolute atomic E-state index is 5.89. The second kappa shape index (κ2) is 4.26. The van der Waals surface area contributed by atoms with Crippen molar-refractivity contribution >= 4 is 28.2 Å². The number of benzene rings is 1. The minimum absolute atomic E-state index is 0.299. The molecule has 84 valence electrons. The lowest BCUT2D eigenvalue weighted by Crippen LogP contribution is -2.01. The van der Waals surface area contributed by atoms with Gasteiger partial charge in [-0.2, -0.15) is 0 Å². The van der Waals surface area contributed by atoms with Crippen molar-refractivity contribution in [1.29, 1.82) is 0 Å². The monoisotopic (exact) mass is 235 g/mol. The molecule has 0 aliphatic carbocycles. The minimum Gasteiger partial charge on any atom is -0.399 e. The van der Waals surface area contributed by atoms with E-state index in [2.05, 4.69) is 23.8 Å². The van der Waals surface area contributed by atoms with Crippen LogP contribution in [0.2, 0.25) is 5.28 Å². The molecule has 1 heterocycles. The van der Waals surface area contributed by atoms with Crippen LogP contribution in [0.15, 0.2) is 18.2 Å². The molecule has 4 heteroatoms. The Labute approximate surface area is 99.7 Å².